The summed E-state index contributed by atoms with van der Waals surface area (Å²) in [4.78, 5) is 10.8. The predicted octanol–water partition coefficient (Wildman–Crippen LogP) is 3.27. The van der Waals surface area contributed by atoms with E-state index in [-0.39, 0.29) is 6.42 Å². The fraction of sp³-hybridized carbons (Fsp3) is 0.529. The molecule has 128 valence electrons. The number of benzene rings is 1. The summed E-state index contributed by atoms with van der Waals surface area (Å²) in [7, 11) is 3.15. The summed E-state index contributed by atoms with van der Waals surface area (Å²) in [5.41, 5.74) is -0.0255. The minimum absolute atomic E-state index is 0.0311. The largest absolute Gasteiger partial charge is 0.493 e. The van der Waals surface area contributed by atoms with Gasteiger partial charge in [-0.3, -0.25) is 0 Å². The van der Waals surface area contributed by atoms with Crippen LogP contribution in [0.1, 0.15) is 19.3 Å². The zero-order chi connectivity index (χ0) is 16.9. The first-order chi connectivity index (χ1) is 11.5. The molecule has 4 rings (SSSR count). The van der Waals surface area contributed by atoms with Crippen LogP contribution in [0, 0.1) is 5.41 Å². The molecule has 24 heavy (non-hydrogen) atoms. The number of anilines is 1. The van der Waals surface area contributed by atoms with Crippen molar-refractivity contribution in [2.24, 2.45) is 5.41 Å². The Bertz CT molecular complexity index is 789. The van der Waals surface area contributed by atoms with Crippen molar-refractivity contribution >= 4 is 16.7 Å². The lowest BCUT2D eigenvalue weighted by molar-refractivity contribution is 0.0537. The molecule has 0 N–H and O–H groups in total. The molecule has 0 amide bonds. The van der Waals surface area contributed by atoms with E-state index in [0.717, 1.165) is 16.7 Å². The standard InChI is InChI=1S/C17H19F2N3O2/c1-23-13-7-11-12(8-14(13)24-2)20-10-21-15(11)22-5-3-16(4-6-22)9-17(16,18)19/h7-8,10H,3-6,9H2,1-2H3. The van der Waals surface area contributed by atoms with Crippen LogP contribution in [0.5, 0.6) is 11.5 Å². The number of ether oxygens (including phenoxy) is 2. The Balaban J connectivity index is 1.67. The van der Waals surface area contributed by atoms with Crippen molar-refractivity contribution in [3.05, 3.63) is 18.5 Å². The predicted molar refractivity (Wildman–Crippen MR) is 86.1 cm³/mol. The van der Waals surface area contributed by atoms with Gasteiger partial charge in [-0.25, -0.2) is 18.7 Å². The fourth-order valence-electron chi connectivity index (χ4n) is 3.69. The monoisotopic (exact) mass is 335 g/mol. The van der Waals surface area contributed by atoms with Gasteiger partial charge in [-0.1, -0.05) is 0 Å². The first-order valence-corrected chi connectivity index (χ1v) is 7.99. The molecule has 2 aliphatic rings. The second-order valence-corrected chi connectivity index (χ2v) is 6.57. The van der Waals surface area contributed by atoms with Crippen molar-refractivity contribution in [3.63, 3.8) is 0 Å². The molecule has 1 aromatic carbocycles. The van der Waals surface area contributed by atoms with Crippen molar-refractivity contribution in [1.82, 2.24) is 9.97 Å². The molecule has 0 atom stereocenters. The van der Waals surface area contributed by atoms with Crippen LogP contribution in [-0.2, 0) is 0 Å². The number of hydrogen-bond acceptors (Lipinski definition) is 5. The smallest absolute Gasteiger partial charge is 0.254 e. The van der Waals surface area contributed by atoms with Crippen LogP contribution in [-0.4, -0.2) is 43.2 Å². The van der Waals surface area contributed by atoms with Gasteiger partial charge in [0.15, 0.2) is 11.5 Å². The van der Waals surface area contributed by atoms with Crippen LogP contribution in [0.25, 0.3) is 10.9 Å². The molecule has 1 saturated heterocycles. The van der Waals surface area contributed by atoms with Crippen LogP contribution in [0.15, 0.2) is 18.5 Å². The molecule has 0 bridgehead atoms. The average molecular weight is 335 g/mol. The molecule has 1 aliphatic heterocycles. The number of rotatable bonds is 3. The number of halogens is 2. The summed E-state index contributed by atoms with van der Waals surface area (Å²) in [6, 6.07) is 3.65. The number of hydrogen-bond donors (Lipinski definition) is 0. The Morgan fingerprint density at radius 2 is 1.67 bits per heavy atom. The Kier molecular flexibility index (Phi) is 3.30. The summed E-state index contributed by atoms with van der Waals surface area (Å²) in [5.74, 6) is -0.517. The van der Waals surface area contributed by atoms with E-state index in [1.54, 1.807) is 20.3 Å². The Labute approximate surface area is 138 Å². The Hall–Kier alpha value is -2.18. The molecular formula is C17H19F2N3O2. The molecule has 2 fully saturated rings. The zero-order valence-electron chi connectivity index (χ0n) is 13.7. The van der Waals surface area contributed by atoms with Crippen molar-refractivity contribution < 1.29 is 18.3 Å². The zero-order valence-corrected chi connectivity index (χ0v) is 13.7. The van der Waals surface area contributed by atoms with Gasteiger partial charge in [0.05, 0.1) is 19.7 Å². The van der Waals surface area contributed by atoms with Gasteiger partial charge < -0.3 is 14.4 Å². The van der Waals surface area contributed by atoms with E-state index in [4.69, 9.17) is 9.47 Å². The van der Waals surface area contributed by atoms with E-state index in [1.165, 1.54) is 6.33 Å². The topological polar surface area (TPSA) is 47.5 Å². The van der Waals surface area contributed by atoms with E-state index in [1.807, 2.05) is 6.07 Å². The van der Waals surface area contributed by atoms with Gasteiger partial charge in [-0.15, -0.1) is 0 Å². The van der Waals surface area contributed by atoms with Crippen molar-refractivity contribution in [2.45, 2.75) is 25.2 Å². The molecule has 1 saturated carbocycles. The van der Waals surface area contributed by atoms with E-state index in [9.17, 15) is 8.78 Å². The number of fused-ring (bicyclic) bond motifs is 1. The minimum Gasteiger partial charge on any atom is -0.493 e. The lowest BCUT2D eigenvalue weighted by Crippen LogP contribution is -2.37. The van der Waals surface area contributed by atoms with Crippen molar-refractivity contribution in [2.75, 3.05) is 32.2 Å². The first kappa shape index (κ1) is 15.4. The van der Waals surface area contributed by atoms with Gasteiger partial charge in [0.25, 0.3) is 5.92 Å². The summed E-state index contributed by atoms with van der Waals surface area (Å²) >= 11 is 0. The number of methoxy groups -OCH3 is 2. The molecule has 2 heterocycles. The van der Waals surface area contributed by atoms with E-state index >= 15 is 0 Å². The maximum atomic E-state index is 13.6. The molecule has 1 spiro atoms. The average Bonchev–Trinajstić information content (AvgIpc) is 3.13. The molecule has 1 aromatic heterocycles. The molecule has 0 unspecified atom stereocenters. The maximum Gasteiger partial charge on any atom is 0.254 e. The van der Waals surface area contributed by atoms with Crippen molar-refractivity contribution in [3.8, 4) is 11.5 Å². The lowest BCUT2D eigenvalue weighted by atomic mass is 9.92. The van der Waals surface area contributed by atoms with Gasteiger partial charge in [0.2, 0.25) is 0 Å². The van der Waals surface area contributed by atoms with Gasteiger partial charge >= 0.3 is 0 Å². The molecule has 1 aliphatic carbocycles. The number of aromatic nitrogens is 2. The van der Waals surface area contributed by atoms with E-state index in [2.05, 4.69) is 14.9 Å². The normalized spacial score (nSPS) is 21.1. The van der Waals surface area contributed by atoms with Gasteiger partial charge in [-0.2, -0.15) is 0 Å². The van der Waals surface area contributed by atoms with Crippen LogP contribution in [0.4, 0.5) is 14.6 Å². The van der Waals surface area contributed by atoms with E-state index in [0.29, 0.717) is 37.4 Å². The summed E-state index contributed by atoms with van der Waals surface area (Å²) in [5, 5.41) is 0.841. The van der Waals surface area contributed by atoms with Crippen LogP contribution in [0.3, 0.4) is 0 Å². The van der Waals surface area contributed by atoms with Crippen LogP contribution in [0.2, 0.25) is 0 Å². The molecule has 5 nitrogen and oxygen atoms in total. The summed E-state index contributed by atoms with van der Waals surface area (Å²) < 4.78 is 37.8. The van der Waals surface area contributed by atoms with Gasteiger partial charge in [-0.05, 0) is 18.9 Å². The lowest BCUT2D eigenvalue weighted by Gasteiger charge is -2.33. The molecule has 0 radical (unpaired) electrons. The number of nitrogens with zero attached hydrogens (tertiary/aromatic N) is 3. The molecular weight excluding hydrogens is 316 g/mol. The highest BCUT2D eigenvalue weighted by molar-refractivity contribution is 5.92. The molecule has 2 aromatic rings. The van der Waals surface area contributed by atoms with Crippen LogP contribution >= 0.6 is 0 Å². The molecule has 7 heteroatoms. The summed E-state index contributed by atoms with van der Waals surface area (Å²) in [6.45, 7) is 1.16. The van der Waals surface area contributed by atoms with Crippen molar-refractivity contribution in [1.29, 1.82) is 0 Å². The van der Waals surface area contributed by atoms with Crippen LogP contribution < -0.4 is 14.4 Å². The quantitative estimate of drug-likeness (QED) is 0.861. The number of alkyl halides is 2. The fourth-order valence-corrected chi connectivity index (χ4v) is 3.69. The highest BCUT2D eigenvalue weighted by Gasteiger charge is 2.70. The Morgan fingerprint density at radius 1 is 1.04 bits per heavy atom. The van der Waals surface area contributed by atoms with Gasteiger partial charge in [0, 0.05) is 36.4 Å². The Morgan fingerprint density at radius 3 is 2.25 bits per heavy atom. The third kappa shape index (κ3) is 2.17. The second kappa shape index (κ2) is 5.16. The third-order valence-corrected chi connectivity index (χ3v) is 5.35. The summed E-state index contributed by atoms with van der Waals surface area (Å²) in [6.07, 6.45) is 2.53. The minimum atomic E-state index is -2.48. The highest BCUT2D eigenvalue weighted by atomic mass is 19.3. The second-order valence-electron chi connectivity index (χ2n) is 6.57. The highest BCUT2D eigenvalue weighted by Crippen LogP contribution is 2.66. The number of piperidine rings is 1. The van der Waals surface area contributed by atoms with E-state index < -0.39 is 11.3 Å². The first-order valence-electron chi connectivity index (χ1n) is 7.99. The SMILES string of the molecule is COc1cc2ncnc(N3CCC4(CC3)CC4(F)F)c2cc1OC. The maximum absolute atomic E-state index is 13.6. The third-order valence-electron chi connectivity index (χ3n) is 5.35. The van der Waals surface area contributed by atoms with Gasteiger partial charge in [0.1, 0.15) is 12.1 Å².